The second-order valence-corrected chi connectivity index (χ2v) is 10.8. The number of rotatable bonds is 3. The molecule has 1 amide bonds. The number of phenolic OH excluding ortho intramolecular Hbond substituents is 1. The Kier molecular flexibility index (Phi) is 5.54. The Balaban J connectivity index is 1.68. The number of carbonyl (C=O) groups is 5. The second kappa shape index (κ2) is 8.19. The van der Waals surface area contributed by atoms with Gasteiger partial charge in [0.25, 0.3) is 0 Å². The summed E-state index contributed by atoms with van der Waals surface area (Å²) in [5.41, 5.74) is 4.02. The molecule has 0 saturated heterocycles. The average molecular weight is 508 g/mol. The molecular formula is C27H29N3O7. The normalized spacial score (nSPS) is 31.2. The highest BCUT2D eigenvalue weighted by Crippen LogP contribution is 2.51. The summed E-state index contributed by atoms with van der Waals surface area (Å²) in [6.45, 7) is 0. The molecule has 10 heteroatoms. The van der Waals surface area contributed by atoms with Crippen molar-refractivity contribution in [3.63, 3.8) is 0 Å². The van der Waals surface area contributed by atoms with E-state index in [2.05, 4.69) is 0 Å². The molecule has 10 nitrogen and oxygen atoms in total. The van der Waals surface area contributed by atoms with Crippen LogP contribution in [0.25, 0.3) is 10.8 Å². The van der Waals surface area contributed by atoms with E-state index in [1.165, 1.54) is 4.90 Å². The van der Waals surface area contributed by atoms with Crippen LogP contribution in [0.15, 0.2) is 24.3 Å². The molecule has 6 atom stereocenters. The van der Waals surface area contributed by atoms with Crippen molar-refractivity contribution in [1.82, 2.24) is 4.90 Å². The lowest BCUT2D eigenvalue weighted by molar-refractivity contribution is -0.181. The second-order valence-electron chi connectivity index (χ2n) is 10.8. The number of fused-ring (bicyclic) bond motifs is 4. The summed E-state index contributed by atoms with van der Waals surface area (Å²) in [5, 5.41) is 24.0. The topological polar surface area (TPSA) is 158 Å². The molecule has 2 unspecified atom stereocenters. The monoisotopic (exact) mass is 507 g/mol. The van der Waals surface area contributed by atoms with Gasteiger partial charge in [-0.25, -0.2) is 0 Å². The smallest absolute Gasteiger partial charge is 0.235 e. The molecule has 3 aliphatic rings. The maximum absolute atomic E-state index is 13.8. The van der Waals surface area contributed by atoms with Gasteiger partial charge in [-0.15, -0.1) is 0 Å². The van der Waals surface area contributed by atoms with Crippen LogP contribution in [-0.4, -0.2) is 84.0 Å². The molecule has 0 radical (unpaired) electrons. The van der Waals surface area contributed by atoms with E-state index in [0.29, 0.717) is 10.9 Å². The number of Topliss-reactive ketones (excluding diaryl/α,β-unsaturated/α-hetero) is 4. The van der Waals surface area contributed by atoms with E-state index in [1.807, 2.05) is 31.1 Å². The largest absolute Gasteiger partial charge is 0.507 e. The number of hydrogen-bond acceptors (Lipinski definition) is 9. The first-order chi connectivity index (χ1) is 17.3. The fourth-order valence-corrected chi connectivity index (χ4v) is 6.77. The first kappa shape index (κ1) is 25.0. The van der Waals surface area contributed by atoms with Crippen LogP contribution in [0.2, 0.25) is 0 Å². The van der Waals surface area contributed by atoms with Crippen molar-refractivity contribution in [1.29, 1.82) is 0 Å². The van der Waals surface area contributed by atoms with Crippen LogP contribution >= 0.6 is 0 Å². The number of benzene rings is 2. The van der Waals surface area contributed by atoms with Gasteiger partial charge < -0.3 is 20.8 Å². The van der Waals surface area contributed by atoms with Crippen molar-refractivity contribution in [2.45, 2.75) is 24.5 Å². The molecule has 5 rings (SSSR count). The molecule has 2 saturated carbocycles. The number of primary amides is 1. The Morgan fingerprint density at radius 1 is 1.05 bits per heavy atom. The van der Waals surface area contributed by atoms with Crippen molar-refractivity contribution in [2.75, 3.05) is 33.1 Å². The number of amides is 1. The lowest BCUT2D eigenvalue weighted by Crippen LogP contribution is -2.74. The van der Waals surface area contributed by atoms with Crippen molar-refractivity contribution in [2.24, 2.45) is 29.4 Å². The molecular weight excluding hydrogens is 478 g/mol. The standard InChI is InChI=1S/C27H29N3O7/c1-29(2)16-7-5-6-13-14(16)9-11-8-12-10-15-20(30(3)4)23(33)19(26(28)36)25(35)27(15,37)24(34)18(12)22(32)17(11)21(13)31/h5-7,9,12,15,18-20,31,37H,8,10H2,1-4H3,(H2,28,36)/t12-,15-,18?,19?,20-,27-/m0/s1. The number of phenols is 1. The van der Waals surface area contributed by atoms with E-state index < -0.39 is 64.4 Å². The minimum Gasteiger partial charge on any atom is -0.507 e. The number of likely N-dealkylation sites (N-methyl/N-ethyl adjacent to an activating group) is 1. The van der Waals surface area contributed by atoms with Gasteiger partial charge in [0.2, 0.25) is 5.91 Å². The summed E-state index contributed by atoms with van der Waals surface area (Å²) >= 11 is 0. The zero-order valence-corrected chi connectivity index (χ0v) is 21.0. The number of nitrogens with two attached hydrogens (primary N) is 1. The van der Waals surface area contributed by atoms with E-state index in [4.69, 9.17) is 5.73 Å². The number of aliphatic hydroxyl groups is 1. The Bertz CT molecular complexity index is 1410. The predicted molar refractivity (Wildman–Crippen MR) is 133 cm³/mol. The summed E-state index contributed by atoms with van der Waals surface area (Å²) in [6.07, 6.45) is 0.259. The van der Waals surface area contributed by atoms with E-state index in [0.717, 1.165) is 11.1 Å². The molecule has 0 spiro atoms. The number of hydrogen-bond donors (Lipinski definition) is 3. The molecule has 4 N–H and O–H groups in total. The highest BCUT2D eigenvalue weighted by Gasteiger charge is 2.69. The van der Waals surface area contributed by atoms with E-state index >= 15 is 0 Å². The first-order valence-corrected chi connectivity index (χ1v) is 12.1. The number of aromatic hydroxyl groups is 1. The van der Waals surface area contributed by atoms with Crippen LogP contribution in [0.5, 0.6) is 5.75 Å². The third-order valence-electron chi connectivity index (χ3n) is 8.37. The van der Waals surface area contributed by atoms with Crippen LogP contribution in [0.4, 0.5) is 5.69 Å². The van der Waals surface area contributed by atoms with Gasteiger partial charge in [0.15, 0.2) is 34.7 Å². The molecule has 2 aromatic carbocycles. The van der Waals surface area contributed by atoms with Crippen LogP contribution < -0.4 is 10.6 Å². The molecule has 37 heavy (non-hydrogen) atoms. The van der Waals surface area contributed by atoms with E-state index in [9.17, 15) is 34.2 Å². The van der Waals surface area contributed by atoms with Gasteiger partial charge >= 0.3 is 0 Å². The van der Waals surface area contributed by atoms with Gasteiger partial charge in [0.1, 0.15) is 5.75 Å². The predicted octanol–water partition coefficient (Wildman–Crippen LogP) is 0.0862. The highest BCUT2D eigenvalue weighted by molar-refractivity contribution is 6.32. The molecule has 2 fully saturated rings. The minimum atomic E-state index is -2.72. The Morgan fingerprint density at radius 3 is 2.32 bits per heavy atom. The SMILES string of the molecule is CN(C)c1cccc2c(O)c3c(cc12)C[C@H]1C[C@H]2[C@H](N(C)C)C(=O)C(C(N)=O)C(=O)[C@@]2(O)C(=O)C1C3=O. The Labute approximate surface area is 213 Å². The van der Waals surface area contributed by atoms with Gasteiger partial charge in [-0.2, -0.15) is 0 Å². The van der Waals surface area contributed by atoms with Crippen molar-refractivity contribution in [3.8, 4) is 5.75 Å². The average Bonchev–Trinajstić information content (AvgIpc) is 2.80. The third-order valence-corrected chi connectivity index (χ3v) is 8.37. The minimum absolute atomic E-state index is 0.00463. The van der Waals surface area contributed by atoms with Crippen LogP contribution in [-0.2, 0) is 25.6 Å². The number of nitrogens with zero attached hydrogens (tertiary/aromatic N) is 2. The van der Waals surface area contributed by atoms with E-state index in [1.54, 1.807) is 26.2 Å². The lowest BCUT2D eigenvalue weighted by Gasteiger charge is -2.52. The van der Waals surface area contributed by atoms with Crippen LogP contribution in [0, 0.1) is 23.7 Å². The molecule has 0 aromatic heterocycles. The molecule has 2 aromatic rings. The van der Waals surface area contributed by atoms with E-state index in [-0.39, 0.29) is 24.2 Å². The zero-order valence-electron chi connectivity index (χ0n) is 21.0. The zero-order chi connectivity index (χ0) is 27.1. The molecule has 3 aliphatic carbocycles. The maximum atomic E-state index is 13.8. The molecule has 0 heterocycles. The third kappa shape index (κ3) is 3.21. The quantitative estimate of drug-likeness (QED) is 0.489. The van der Waals surface area contributed by atoms with Crippen LogP contribution in [0.3, 0.4) is 0 Å². The van der Waals surface area contributed by atoms with Gasteiger partial charge in [-0.1, -0.05) is 12.1 Å². The fourth-order valence-electron chi connectivity index (χ4n) is 6.77. The molecule has 194 valence electrons. The number of carbonyl (C=O) groups excluding carboxylic acids is 5. The van der Waals surface area contributed by atoms with Crippen molar-refractivity contribution < 1.29 is 34.2 Å². The molecule has 0 bridgehead atoms. The summed E-state index contributed by atoms with van der Waals surface area (Å²) in [6, 6.07) is 6.04. The van der Waals surface area contributed by atoms with Gasteiger partial charge in [-0.05, 0) is 50.6 Å². The summed E-state index contributed by atoms with van der Waals surface area (Å²) in [7, 11) is 6.85. The summed E-state index contributed by atoms with van der Waals surface area (Å²) in [5.74, 6) is -10.4. The summed E-state index contributed by atoms with van der Waals surface area (Å²) < 4.78 is 0. The Hall–Kier alpha value is -3.63. The highest BCUT2D eigenvalue weighted by atomic mass is 16.3. The van der Waals surface area contributed by atoms with Crippen molar-refractivity contribution >= 4 is 45.5 Å². The van der Waals surface area contributed by atoms with Gasteiger partial charge in [0, 0.05) is 36.5 Å². The Morgan fingerprint density at radius 2 is 1.73 bits per heavy atom. The van der Waals surface area contributed by atoms with Gasteiger partial charge in [0.05, 0.1) is 17.5 Å². The van der Waals surface area contributed by atoms with Crippen LogP contribution in [0.1, 0.15) is 22.3 Å². The fraction of sp³-hybridized carbons (Fsp3) is 0.444. The first-order valence-electron chi connectivity index (χ1n) is 12.1. The van der Waals surface area contributed by atoms with Gasteiger partial charge in [-0.3, -0.25) is 28.9 Å². The lowest BCUT2D eigenvalue weighted by atomic mass is 9.52. The molecule has 0 aliphatic heterocycles. The van der Waals surface area contributed by atoms with Crippen molar-refractivity contribution in [3.05, 3.63) is 35.4 Å². The summed E-state index contributed by atoms with van der Waals surface area (Å²) in [4.78, 5) is 69.5. The number of anilines is 1. The number of ketones is 4. The maximum Gasteiger partial charge on any atom is 0.235 e.